The van der Waals surface area contributed by atoms with Crippen LogP contribution in [0.25, 0.3) is 0 Å². The van der Waals surface area contributed by atoms with Crippen LogP contribution in [0.3, 0.4) is 0 Å². The number of hydrogen-bond donors (Lipinski definition) is 0. The first kappa shape index (κ1) is 20.3. The lowest BCUT2D eigenvalue weighted by atomic mass is 10.1. The van der Waals surface area contributed by atoms with Crippen LogP contribution < -0.4 is 9.47 Å². The molecule has 148 valence electrons. The largest absolute Gasteiger partial charge is 0.496 e. The summed E-state index contributed by atoms with van der Waals surface area (Å²) in [6, 6.07) is 10.2. The Morgan fingerprint density at radius 2 is 1.39 bits per heavy atom. The van der Waals surface area contributed by atoms with Crippen molar-refractivity contribution in [3.8, 4) is 11.5 Å². The second-order valence-corrected chi connectivity index (χ2v) is 7.04. The van der Waals surface area contributed by atoms with Gasteiger partial charge in [-0.15, -0.1) is 0 Å². The second-order valence-electron chi connectivity index (χ2n) is 6.22. The van der Waals surface area contributed by atoms with Crippen molar-refractivity contribution in [1.29, 1.82) is 0 Å². The van der Waals surface area contributed by atoms with E-state index in [1.54, 1.807) is 40.1 Å². The molecule has 8 heteroatoms. The van der Waals surface area contributed by atoms with E-state index in [1.807, 2.05) is 6.07 Å². The lowest BCUT2D eigenvalue weighted by Crippen LogP contribution is -2.50. The Kier molecular flexibility index (Phi) is 6.31. The minimum absolute atomic E-state index is 0.122. The summed E-state index contributed by atoms with van der Waals surface area (Å²) < 4.78 is 10.5. The van der Waals surface area contributed by atoms with E-state index in [9.17, 15) is 9.59 Å². The first-order valence-corrected chi connectivity index (χ1v) is 9.47. The number of para-hydroxylation sites is 1. The molecule has 0 saturated carbocycles. The predicted molar refractivity (Wildman–Crippen MR) is 108 cm³/mol. The maximum Gasteiger partial charge on any atom is 0.259 e. The van der Waals surface area contributed by atoms with Crippen LogP contribution in [0, 0.1) is 0 Å². The first-order chi connectivity index (χ1) is 13.5. The molecule has 1 aliphatic heterocycles. The Labute approximate surface area is 173 Å². The van der Waals surface area contributed by atoms with E-state index in [0.29, 0.717) is 42.5 Å². The summed E-state index contributed by atoms with van der Waals surface area (Å²) >= 11 is 12.3. The number of benzene rings is 2. The molecule has 0 bridgehead atoms. The fourth-order valence-corrected chi connectivity index (χ4v) is 3.66. The number of ether oxygens (including phenoxy) is 2. The third-order valence-corrected chi connectivity index (χ3v) is 5.28. The van der Waals surface area contributed by atoms with E-state index in [-0.39, 0.29) is 28.1 Å². The smallest absolute Gasteiger partial charge is 0.259 e. The van der Waals surface area contributed by atoms with Gasteiger partial charge in [-0.1, -0.05) is 35.3 Å². The Balaban J connectivity index is 1.73. The molecule has 6 nitrogen and oxygen atoms in total. The molecule has 0 aromatic heterocycles. The van der Waals surface area contributed by atoms with Gasteiger partial charge in [-0.2, -0.15) is 0 Å². The summed E-state index contributed by atoms with van der Waals surface area (Å²) in [4.78, 5) is 29.1. The van der Waals surface area contributed by atoms with E-state index in [1.165, 1.54) is 14.2 Å². The minimum atomic E-state index is -0.270. The van der Waals surface area contributed by atoms with E-state index in [2.05, 4.69) is 0 Å². The molecule has 2 aromatic carbocycles. The Morgan fingerprint density at radius 3 is 2.00 bits per heavy atom. The standard InChI is InChI=1S/C20H20Cl2N2O4/c1-27-16-6-4-3-5-13(16)19(25)23-9-11-24(12-10-23)20(26)17-14(21)7-8-15(22)18(17)28-2/h3-8H,9-12H2,1-2H3. The monoisotopic (exact) mass is 422 g/mol. The number of halogens is 2. The van der Waals surface area contributed by atoms with E-state index < -0.39 is 0 Å². The van der Waals surface area contributed by atoms with Gasteiger partial charge in [-0.05, 0) is 24.3 Å². The summed E-state index contributed by atoms with van der Waals surface area (Å²) in [5.74, 6) is 0.393. The maximum absolute atomic E-state index is 13.0. The summed E-state index contributed by atoms with van der Waals surface area (Å²) in [5, 5.41) is 0.596. The molecule has 1 aliphatic rings. The number of rotatable bonds is 4. The van der Waals surface area contributed by atoms with Crippen LogP contribution in [0.2, 0.25) is 10.0 Å². The zero-order valence-electron chi connectivity index (χ0n) is 15.6. The van der Waals surface area contributed by atoms with Gasteiger partial charge >= 0.3 is 0 Å². The van der Waals surface area contributed by atoms with Gasteiger partial charge in [0, 0.05) is 26.2 Å². The molecule has 0 aliphatic carbocycles. The average molecular weight is 423 g/mol. The highest BCUT2D eigenvalue weighted by atomic mass is 35.5. The van der Waals surface area contributed by atoms with Crippen molar-refractivity contribution in [3.05, 3.63) is 57.6 Å². The number of amides is 2. The SMILES string of the molecule is COc1ccccc1C(=O)N1CCN(C(=O)c2c(Cl)ccc(Cl)c2OC)CC1. The number of methoxy groups -OCH3 is 2. The van der Waals surface area contributed by atoms with E-state index in [0.717, 1.165) is 0 Å². The quantitative estimate of drug-likeness (QED) is 0.754. The van der Waals surface area contributed by atoms with Crippen molar-refractivity contribution in [2.45, 2.75) is 0 Å². The van der Waals surface area contributed by atoms with Crippen molar-refractivity contribution in [3.63, 3.8) is 0 Å². The molecule has 2 amide bonds. The molecule has 0 radical (unpaired) electrons. The number of nitrogens with zero attached hydrogens (tertiary/aromatic N) is 2. The zero-order chi connectivity index (χ0) is 20.3. The fraction of sp³-hybridized carbons (Fsp3) is 0.300. The Hall–Kier alpha value is -2.44. The van der Waals surface area contributed by atoms with Crippen LogP contribution in [0.1, 0.15) is 20.7 Å². The molecule has 0 unspecified atom stereocenters. The minimum Gasteiger partial charge on any atom is -0.496 e. The third kappa shape index (κ3) is 3.88. The summed E-state index contributed by atoms with van der Waals surface area (Å²) in [5.41, 5.74) is 0.741. The van der Waals surface area contributed by atoms with Crippen molar-refractivity contribution in [1.82, 2.24) is 9.80 Å². The Bertz CT molecular complexity index is 896. The number of piperazine rings is 1. The maximum atomic E-state index is 13.0. The van der Waals surface area contributed by atoms with Crippen molar-refractivity contribution in [2.24, 2.45) is 0 Å². The van der Waals surface area contributed by atoms with Crippen molar-refractivity contribution >= 4 is 35.0 Å². The molecule has 28 heavy (non-hydrogen) atoms. The summed E-state index contributed by atoms with van der Waals surface area (Å²) in [7, 11) is 2.98. The molecule has 1 saturated heterocycles. The molecule has 0 atom stereocenters. The summed E-state index contributed by atoms with van der Waals surface area (Å²) in [6.45, 7) is 1.57. The van der Waals surface area contributed by atoms with Crippen LogP contribution in [-0.2, 0) is 0 Å². The van der Waals surface area contributed by atoms with Gasteiger partial charge in [0.05, 0.1) is 29.8 Å². The van der Waals surface area contributed by atoms with Gasteiger partial charge in [0.2, 0.25) is 0 Å². The zero-order valence-corrected chi connectivity index (χ0v) is 17.1. The third-order valence-electron chi connectivity index (χ3n) is 4.67. The van der Waals surface area contributed by atoms with Gasteiger partial charge in [-0.25, -0.2) is 0 Å². The highest BCUT2D eigenvalue weighted by Gasteiger charge is 2.29. The number of hydrogen-bond acceptors (Lipinski definition) is 4. The topological polar surface area (TPSA) is 59.1 Å². The lowest BCUT2D eigenvalue weighted by molar-refractivity contribution is 0.0532. The summed E-state index contributed by atoms with van der Waals surface area (Å²) in [6.07, 6.45) is 0. The second kappa shape index (κ2) is 8.71. The molecule has 0 spiro atoms. The normalized spacial score (nSPS) is 14.0. The van der Waals surface area contributed by atoms with Gasteiger partial charge in [0.25, 0.3) is 11.8 Å². The highest BCUT2D eigenvalue weighted by molar-refractivity contribution is 6.37. The van der Waals surface area contributed by atoms with Gasteiger partial charge in [-0.3, -0.25) is 9.59 Å². The molecule has 3 rings (SSSR count). The molecule has 1 heterocycles. The highest BCUT2D eigenvalue weighted by Crippen LogP contribution is 2.35. The van der Waals surface area contributed by atoms with Crippen LogP contribution in [0.4, 0.5) is 0 Å². The Morgan fingerprint density at radius 1 is 0.821 bits per heavy atom. The first-order valence-electron chi connectivity index (χ1n) is 8.71. The molecule has 2 aromatic rings. The van der Waals surface area contributed by atoms with E-state index >= 15 is 0 Å². The van der Waals surface area contributed by atoms with Crippen LogP contribution in [-0.4, -0.2) is 62.0 Å². The fourth-order valence-electron chi connectivity index (χ4n) is 3.19. The van der Waals surface area contributed by atoms with Gasteiger partial charge in [0.1, 0.15) is 11.3 Å². The molecule has 1 fully saturated rings. The van der Waals surface area contributed by atoms with Crippen LogP contribution in [0.15, 0.2) is 36.4 Å². The van der Waals surface area contributed by atoms with Crippen molar-refractivity contribution in [2.75, 3.05) is 40.4 Å². The number of carbonyl (C=O) groups excluding carboxylic acids is 2. The van der Waals surface area contributed by atoms with E-state index in [4.69, 9.17) is 32.7 Å². The molecular weight excluding hydrogens is 403 g/mol. The molecular formula is C20H20Cl2N2O4. The predicted octanol–water partition coefficient (Wildman–Crippen LogP) is 3.61. The average Bonchev–Trinajstić information content (AvgIpc) is 2.74. The van der Waals surface area contributed by atoms with Gasteiger partial charge in [0.15, 0.2) is 5.75 Å². The van der Waals surface area contributed by atoms with Crippen molar-refractivity contribution < 1.29 is 19.1 Å². The number of carbonyl (C=O) groups is 2. The molecule has 0 N–H and O–H groups in total. The van der Waals surface area contributed by atoms with Gasteiger partial charge < -0.3 is 19.3 Å². The lowest BCUT2D eigenvalue weighted by Gasteiger charge is -2.35. The van der Waals surface area contributed by atoms with Crippen LogP contribution >= 0.6 is 23.2 Å². The van der Waals surface area contributed by atoms with Crippen LogP contribution in [0.5, 0.6) is 11.5 Å².